The minimum Gasteiger partial charge on any atom is -0.477 e. The minimum absolute atomic E-state index is 0.120. The third kappa shape index (κ3) is 6.61. The molecule has 1 aliphatic rings. The van der Waals surface area contributed by atoms with E-state index in [1.54, 1.807) is 6.20 Å². The molecule has 154 valence electrons. The Bertz CT molecular complexity index is 914. The number of pyridine rings is 1. The lowest BCUT2D eigenvalue weighted by molar-refractivity contribution is 0.0703. The van der Waals surface area contributed by atoms with Crippen molar-refractivity contribution < 1.29 is 14.6 Å². The molecule has 3 rings (SSSR count). The Morgan fingerprint density at radius 3 is 2.62 bits per heavy atom. The molecule has 0 unspecified atom stereocenters. The fourth-order valence-electron chi connectivity index (χ4n) is 3.12. The second kappa shape index (κ2) is 9.35. The molecule has 0 radical (unpaired) electrons. The third-order valence-electron chi connectivity index (χ3n) is 4.51. The lowest BCUT2D eigenvalue weighted by atomic mass is 9.92. The van der Waals surface area contributed by atoms with Gasteiger partial charge in [0.2, 0.25) is 5.88 Å². The second-order valence-corrected chi connectivity index (χ2v) is 10.5. The van der Waals surface area contributed by atoms with Crippen LogP contribution in [0.3, 0.4) is 0 Å². The molecule has 1 saturated carbocycles. The number of aromatic carboxylic acids is 1. The summed E-state index contributed by atoms with van der Waals surface area (Å²) < 4.78 is 7.07. The van der Waals surface area contributed by atoms with Gasteiger partial charge in [-0.25, -0.2) is 9.78 Å². The largest absolute Gasteiger partial charge is 0.477 e. The van der Waals surface area contributed by atoms with Crippen LogP contribution in [0.2, 0.25) is 0 Å². The molecule has 2 heterocycles. The molecule has 7 heteroatoms. The van der Waals surface area contributed by atoms with E-state index in [0.29, 0.717) is 16.4 Å². The van der Waals surface area contributed by atoms with Crippen molar-refractivity contribution in [1.29, 1.82) is 0 Å². The van der Waals surface area contributed by atoms with E-state index in [1.807, 2.05) is 39.0 Å². The second-order valence-electron chi connectivity index (χ2n) is 8.21. The van der Waals surface area contributed by atoms with E-state index in [0.717, 1.165) is 34.1 Å². The van der Waals surface area contributed by atoms with Gasteiger partial charge in [-0.15, -0.1) is 11.3 Å². The van der Waals surface area contributed by atoms with Gasteiger partial charge in [-0.1, -0.05) is 11.8 Å². The monoisotopic (exact) mass is 524 g/mol. The van der Waals surface area contributed by atoms with Crippen molar-refractivity contribution in [2.24, 2.45) is 5.41 Å². The molecule has 1 aliphatic carbocycles. The zero-order valence-corrected chi connectivity index (χ0v) is 19.8. The van der Waals surface area contributed by atoms with Crippen LogP contribution in [-0.4, -0.2) is 28.2 Å². The number of aromatic nitrogens is 1. The number of nitrogens with one attached hydrogen (secondary N) is 1. The highest BCUT2D eigenvalue weighted by Gasteiger charge is 2.25. The van der Waals surface area contributed by atoms with Crippen molar-refractivity contribution in [1.82, 2.24) is 4.98 Å². The molecule has 2 N–H and O–H groups in total. The molecule has 29 heavy (non-hydrogen) atoms. The molecule has 0 bridgehead atoms. The van der Waals surface area contributed by atoms with Crippen LogP contribution in [0.4, 0.5) is 5.69 Å². The standard InChI is InChI=1S/C22H25IN2O3S/c1-22(2,3)11-10-17-12-18(20(29-17)21(26)27)25-15-5-7-16(8-6-15)28-19-9-4-14(23)13-24-19/h4,9,12-13,15-16,25H,5-8H2,1-3H3,(H,26,27). The number of anilines is 1. The van der Waals surface area contributed by atoms with Crippen molar-refractivity contribution in [3.63, 3.8) is 0 Å². The molecule has 0 atom stereocenters. The van der Waals surface area contributed by atoms with Crippen LogP contribution >= 0.6 is 33.9 Å². The first-order chi connectivity index (χ1) is 13.7. The number of carboxylic acid groups (broad SMARTS) is 1. The van der Waals surface area contributed by atoms with E-state index in [2.05, 4.69) is 44.7 Å². The maximum Gasteiger partial charge on any atom is 0.348 e. The Kier molecular flexibility index (Phi) is 7.06. The van der Waals surface area contributed by atoms with Gasteiger partial charge in [0.1, 0.15) is 11.0 Å². The van der Waals surface area contributed by atoms with Crippen molar-refractivity contribution in [3.05, 3.63) is 37.7 Å². The van der Waals surface area contributed by atoms with Gasteiger partial charge in [0.05, 0.1) is 10.6 Å². The minimum atomic E-state index is -0.914. The van der Waals surface area contributed by atoms with E-state index in [9.17, 15) is 9.90 Å². The lowest BCUT2D eigenvalue weighted by Gasteiger charge is -2.29. The average Bonchev–Trinajstić information content (AvgIpc) is 3.06. The van der Waals surface area contributed by atoms with Crippen LogP contribution in [0.5, 0.6) is 5.88 Å². The number of thiophene rings is 1. The predicted octanol–water partition coefficient (Wildman–Crippen LogP) is 5.65. The Morgan fingerprint density at radius 1 is 1.31 bits per heavy atom. The van der Waals surface area contributed by atoms with Gasteiger partial charge in [-0.3, -0.25) is 0 Å². The average molecular weight is 524 g/mol. The Morgan fingerprint density at radius 2 is 2.03 bits per heavy atom. The summed E-state index contributed by atoms with van der Waals surface area (Å²) in [5, 5.41) is 13.0. The molecule has 0 spiro atoms. The van der Waals surface area contributed by atoms with Gasteiger partial charge in [0.25, 0.3) is 0 Å². The molecule has 0 aliphatic heterocycles. The van der Waals surface area contributed by atoms with Gasteiger partial charge >= 0.3 is 5.97 Å². The Balaban J connectivity index is 1.60. The molecule has 2 aromatic rings. The summed E-state index contributed by atoms with van der Waals surface area (Å²) in [6, 6.07) is 5.98. The first-order valence-corrected chi connectivity index (χ1v) is 11.5. The number of nitrogens with zero attached hydrogens (tertiary/aromatic N) is 1. The summed E-state index contributed by atoms with van der Waals surface area (Å²) in [6.45, 7) is 6.12. The maximum absolute atomic E-state index is 11.7. The lowest BCUT2D eigenvalue weighted by Crippen LogP contribution is -2.31. The van der Waals surface area contributed by atoms with Gasteiger partial charge < -0.3 is 15.2 Å². The summed E-state index contributed by atoms with van der Waals surface area (Å²) >= 11 is 3.45. The van der Waals surface area contributed by atoms with Crippen molar-refractivity contribution in [2.45, 2.75) is 58.6 Å². The zero-order chi connectivity index (χ0) is 21.0. The number of carbonyl (C=O) groups is 1. The van der Waals surface area contributed by atoms with Crippen LogP contribution in [-0.2, 0) is 0 Å². The van der Waals surface area contributed by atoms with Gasteiger partial charge in [0, 0.05) is 27.3 Å². The highest BCUT2D eigenvalue weighted by molar-refractivity contribution is 14.1. The van der Waals surface area contributed by atoms with Crippen LogP contribution < -0.4 is 10.1 Å². The maximum atomic E-state index is 11.7. The van der Waals surface area contributed by atoms with E-state index in [4.69, 9.17) is 4.74 Å². The van der Waals surface area contributed by atoms with Crippen molar-refractivity contribution in [2.75, 3.05) is 5.32 Å². The van der Waals surface area contributed by atoms with Crippen LogP contribution in [0.25, 0.3) is 0 Å². The van der Waals surface area contributed by atoms with Gasteiger partial charge in [-0.05, 0) is 81.2 Å². The summed E-state index contributed by atoms with van der Waals surface area (Å²) in [4.78, 5) is 17.1. The van der Waals surface area contributed by atoms with Crippen molar-refractivity contribution >= 4 is 45.6 Å². The number of ether oxygens (including phenoxy) is 1. The zero-order valence-electron chi connectivity index (χ0n) is 16.8. The smallest absolute Gasteiger partial charge is 0.348 e. The molecule has 0 amide bonds. The molecule has 0 aromatic carbocycles. The number of hydrogen-bond donors (Lipinski definition) is 2. The summed E-state index contributed by atoms with van der Waals surface area (Å²) in [5.41, 5.74) is 0.551. The van der Waals surface area contributed by atoms with Crippen LogP contribution in [0.1, 0.15) is 61.0 Å². The molecule has 0 saturated heterocycles. The molecule has 5 nitrogen and oxygen atoms in total. The molecular weight excluding hydrogens is 499 g/mol. The van der Waals surface area contributed by atoms with Crippen molar-refractivity contribution in [3.8, 4) is 17.7 Å². The van der Waals surface area contributed by atoms with Crippen LogP contribution in [0, 0.1) is 20.8 Å². The topological polar surface area (TPSA) is 71.5 Å². The summed E-state index contributed by atoms with van der Waals surface area (Å²) in [5.74, 6) is 6.03. The van der Waals surface area contributed by atoms with E-state index >= 15 is 0 Å². The normalized spacial score (nSPS) is 19.2. The van der Waals surface area contributed by atoms with Gasteiger partial charge in [0.15, 0.2) is 0 Å². The quantitative estimate of drug-likeness (QED) is 0.391. The highest BCUT2D eigenvalue weighted by atomic mass is 127. The molecule has 2 aromatic heterocycles. The third-order valence-corrected chi connectivity index (χ3v) is 6.19. The highest BCUT2D eigenvalue weighted by Crippen LogP contribution is 2.31. The Labute approximate surface area is 189 Å². The van der Waals surface area contributed by atoms with Gasteiger partial charge in [-0.2, -0.15) is 0 Å². The predicted molar refractivity (Wildman–Crippen MR) is 125 cm³/mol. The van der Waals surface area contributed by atoms with E-state index < -0.39 is 5.97 Å². The number of halogens is 1. The molecule has 1 fully saturated rings. The SMILES string of the molecule is CC(C)(C)C#Cc1cc(NC2CCC(Oc3ccc(I)cn3)CC2)c(C(=O)O)s1. The van der Waals surface area contributed by atoms with E-state index in [1.165, 1.54) is 11.3 Å². The fourth-order valence-corrected chi connectivity index (χ4v) is 4.25. The van der Waals surface area contributed by atoms with E-state index in [-0.39, 0.29) is 17.6 Å². The summed E-state index contributed by atoms with van der Waals surface area (Å²) in [6.07, 6.45) is 5.62. The number of rotatable bonds is 5. The van der Waals surface area contributed by atoms with Crippen LogP contribution in [0.15, 0.2) is 24.4 Å². The first-order valence-electron chi connectivity index (χ1n) is 9.64. The first kappa shape index (κ1) is 21.9. The number of carboxylic acids is 1. The fraction of sp³-hybridized carbons (Fsp3) is 0.455. The Hall–Kier alpha value is -1.79. The summed E-state index contributed by atoms with van der Waals surface area (Å²) in [7, 11) is 0. The molecular formula is C22H25IN2O3S. The number of hydrogen-bond acceptors (Lipinski definition) is 5.